The second-order valence-electron chi connectivity index (χ2n) is 5.81. The molecule has 1 N–H and O–H groups in total. The number of piperidine rings is 1. The van der Waals surface area contributed by atoms with Crippen molar-refractivity contribution in [3.63, 3.8) is 0 Å². The van der Waals surface area contributed by atoms with Gasteiger partial charge in [-0.05, 0) is 39.2 Å². The Balaban J connectivity index is 1.95. The molecule has 94 valence electrons. The fraction of sp³-hybridized carbons (Fsp3) is 1.00. The maximum Gasteiger partial charge on any atom is 0.0117 e. The van der Waals surface area contributed by atoms with Crippen LogP contribution >= 0.6 is 0 Å². The molecular weight excluding hydrogens is 196 g/mol. The van der Waals surface area contributed by atoms with E-state index >= 15 is 0 Å². The van der Waals surface area contributed by atoms with Crippen LogP contribution in [0.4, 0.5) is 0 Å². The fourth-order valence-corrected chi connectivity index (χ4v) is 3.73. The van der Waals surface area contributed by atoms with Crippen LogP contribution in [-0.2, 0) is 0 Å². The van der Waals surface area contributed by atoms with Gasteiger partial charge < -0.3 is 5.32 Å². The monoisotopic (exact) mass is 224 g/mol. The van der Waals surface area contributed by atoms with E-state index in [9.17, 15) is 0 Å². The van der Waals surface area contributed by atoms with E-state index < -0.39 is 0 Å². The van der Waals surface area contributed by atoms with Crippen molar-refractivity contribution in [3.05, 3.63) is 0 Å². The van der Waals surface area contributed by atoms with Crippen molar-refractivity contribution in [3.8, 4) is 0 Å². The van der Waals surface area contributed by atoms with E-state index in [4.69, 9.17) is 0 Å². The van der Waals surface area contributed by atoms with Gasteiger partial charge in [0.25, 0.3) is 0 Å². The molecule has 1 saturated heterocycles. The molecule has 2 rings (SSSR count). The van der Waals surface area contributed by atoms with Crippen molar-refractivity contribution in [2.24, 2.45) is 5.92 Å². The average molecular weight is 224 g/mol. The number of nitrogens with zero attached hydrogens (tertiary/aromatic N) is 1. The molecule has 0 amide bonds. The topological polar surface area (TPSA) is 15.3 Å². The summed E-state index contributed by atoms with van der Waals surface area (Å²) in [6.07, 6.45) is 8.60. The van der Waals surface area contributed by atoms with Crippen LogP contribution in [-0.4, -0.2) is 36.6 Å². The van der Waals surface area contributed by atoms with E-state index in [1.807, 2.05) is 0 Å². The predicted molar refractivity (Wildman–Crippen MR) is 69.7 cm³/mol. The van der Waals surface area contributed by atoms with Crippen molar-refractivity contribution in [2.75, 3.05) is 13.6 Å². The summed E-state index contributed by atoms with van der Waals surface area (Å²) in [5.41, 5.74) is 0. The number of rotatable bonds is 2. The quantitative estimate of drug-likeness (QED) is 0.776. The van der Waals surface area contributed by atoms with E-state index in [-0.39, 0.29) is 0 Å². The minimum absolute atomic E-state index is 0.731. The molecule has 2 aliphatic rings. The molecule has 1 saturated carbocycles. The lowest BCUT2D eigenvalue weighted by Gasteiger charge is -2.47. The summed E-state index contributed by atoms with van der Waals surface area (Å²) < 4.78 is 0. The number of likely N-dealkylation sites (tertiary alicyclic amines) is 1. The molecular formula is C14H28N2. The van der Waals surface area contributed by atoms with Gasteiger partial charge in [0, 0.05) is 24.7 Å². The van der Waals surface area contributed by atoms with Gasteiger partial charge in [-0.1, -0.05) is 26.2 Å². The predicted octanol–water partition coefficient (Wildman–Crippen LogP) is 2.64. The van der Waals surface area contributed by atoms with Gasteiger partial charge in [-0.25, -0.2) is 0 Å². The molecule has 0 aromatic carbocycles. The van der Waals surface area contributed by atoms with E-state index in [0.29, 0.717) is 0 Å². The number of hydrogen-bond donors (Lipinski definition) is 1. The molecule has 0 radical (unpaired) electrons. The lowest BCUT2D eigenvalue weighted by Crippen LogP contribution is -2.56. The van der Waals surface area contributed by atoms with E-state index in [0.717, 1.165) is 24.0 Å². The Morgan fingerprint density at radius 3 is 2.31 bits per heavy atom. The zero-order valence-electron chi connectivity index (χ0n) is 11.2. The molecule has 0 spiro atoms. The average Bonchev–Trinajstić information content (AvgIpc) is 2.34. The Bertz CT molecular complexity index is 211. The molecule has 2 nitrogen and oxygen atoms in total. The van der Waals surface area contributed by atoms with Gasteiger partial charge in [0.15, 0.2) is 0 Å². The molecule has 16 heavy (non-hydrogen) atoms. The third-order valence-electron chi connectivity index (χ3n) is 5.03. The Kier molecular flexibility index (Phi) is 4.26. The highest BCUT2D eigenvalue weighted by molar-refractivity contribution is 4.91. The van der Waals surface area contributed by atoms with Crippen molar-refractivity contribution >= 4 is 0 Å². The standard InChI is InChI=1S/C14H28N2/c1-11-12(2)16(10-9-14(11)15-3)13-7-5-4-6-8-13/h11-15H,4-10H2,1-3H3. The van der Waals surface area contributed by atoms with Gasteiger partial charge in [0.05, 0.1) is 0 Å². The maximum absolute atomic E-state index is 3.48. The van der Waals surface area contributed by atoms with Crippen LogP contribution in [0, 0.1) is 5.92 Å². The van der Waals surface area contributed by atoms with Gasteiger partial charge in [-0.15, -0.1) is 0 Å². The molecule has 0 bridgehead atoms. The van der Waals surface area contributed by atoms with Crippen LogP contribution in [0.15, 0.2) is 0 Å². The smallest absolute Gasteiger partial charge is 0.0117 e. The summed E-state index contributed by atoms with van der Waals surface area (Å²) in [7, 11) is 2.12. The SMILES string of the molecule is CNC1CCN(C2CCCCC2)C(C)C1C. The molecule has 2 fully saturated rings. The molecule has 0 aromatic heterocycles. The second-order valence-corrected chi connectivity index (χ2v) is 5.81. The van der Waals surface area contributed by atoms with E-state index in [1.54, 1.807) is 0 Å². The van der Waals surface area contributed by atoms with Gasteiger partial charge >= 0.3 is 0 Å². The lowest BCUT2D eigenvalue weighted by molar-refractivity contribution is 0.0338. The van der Waals surface area contributed by atoms with Gasteiger partial charge in [-0.2, -0.15) is 0 Å². The summed E-state index contributed by atoms with van der Waals surface area (Å²) in [6.45, 7) is 6.16. The highest BCUT2D eigenvalue weighted by Gasteiger charge is 2.35. The second kappa shape index (κ2) is 5.50. The maximum atomic E-state index is 3.48. The first-order chi connectivity index (χ1) is 7.74. The van der Waals surface area contributed by atoms with E-state index in [1.165, 1.54) is 45.1 Å². The van der Waals surface area contributed by atoms with E-state index in [2.05, 4.69) is 31.1 Å². The zero-order chi connectivity index (χ0) is 11.5. The highest BCUT2D eigenvalue weighted by atomic mass is 15.2. The first-order valence-electron chi connectivity index (χ1n) is 7.17. The lowest BCUT2D eigenvalue weighted by atomic mass is 9.83. The molecule has 1 aliphatic heterocycles. The normalized spacial score (nSPS) is 38.8. The van der Waals surface area contributed by atoms with Crippen molar-refractivity contribution in [1.29, 1.82) is 0 Å². The summed E-state index contributed by atoms with van der Waals surface area (Å²) in [6, 6.07) is 2.38. The zero-order valence-corrected chi connectivity index (χ0v) is 11.2. The number of hydrogen-bond acceptors (Lipinski definition) is 2. The molecule has 0 aromatic rings. The van der Waals surface area contributed by atoms with Crippen LogP contribution < -0.4 is 5.32 Å². The summed E-state index contributed by atoms with van der Waals surface area (Å²) >= 11 is 0. The number of nitrogens with one attached hydrogen (secondary N) is 1. The Hall–Kier alpha value is -0.0800. The summed E-state index contributed by atoms with van der Waals surface area (Å²) in [5.74, 6) is 0.792. The molecule has 3 unspecified atom stereocenters. The molecule has 1 aliphatic carbocycles. The third-order valence-corrected chi connectivity index (χ3v) is 5.03. The van der Waals surface area contributed by atoms with Gasteiger partial charge in [0.1, 0.15) is 0 Å². The minimum Gasteiger partial charge on any atom is -0.317 e. The van der Waals surface area contributed by atoms with Crippen LogP contribution in [0.1, 0.15) is 52.4 Å². The Labute approximate surface area is 101 Å². The van der Waals surface area contributed by atoms with Crippen molar-refractivity contribution in [1.82, 2.24) is 10.2 Å². The Morgan fingerprint density at radius 2 is 1.69 bits per heavy atom. The fourth-order valence-electron chi connectivity index (χ4n) is 3.73. The van der Waals surface area contributed by atoms with Gasteiger partial charge in [-0.3, -0.25) is 4.90 Å². The molecule has 1 heterocycles. The summed E-state index contributed by atoms with van der Waals surface area (Å²) in [4.78, 5) is 2.80. The van der Waals surface area contributed by atoms with Crippen molar-refractivity contribution < 1.29 is 0 Å². The Morgan fingerprint density at radius 1 is 1.00 bits per heavy atom. The molecule has 2 heteroatoms. The molecule has 3 atom stereocenters. The van der Waals surface area contributed by atoms with Crippen LogP contribution in [0.2, 0.25) is 0 Å². The van der Waals surface area contributed by atoms with Crippen LogP contribution in [0.5, 0.6) is 0 Å². The highest BCUT2D eigenvalue weighted by Crippen LogP contribution is 2.31. The van der Waals surface area contributed by atoms with Crippen LogP contribution in [0.25, 0.3) is 0 Å². The first kappa shape index (κ1) is 12.4. The third kappa shape index (κ3) is 2.43. The van der Waals surface area contributed by atoms with Crippen LogP contribution in [0.3, 0.4) is 0 Å². The summed E-state index contributed by atoms with van der Waals surface area (Å²) in [5, 5.41) is 3.48. The van der Waals surface area contributed by atoms with Crippen molar-refractivity contribution in [2.45, 2.75) is 70.5 Å². The largest absolute Gasteiger partial charge is 0.317 e. The first-order valence-corrected chi connectivity index (χ1v) is 7.17. The minimum atomic E-state index is 0.731. The van der Waals surface area contributed by atoms with Gasteiger partial charge in [0.2, 0.25) is 0 Å².